The maximum atomic E-state index is 11.1. The summed E-state index contributed by atoms with van der Waals surface area (Å²) in [7, 11) is 3.10. The standard InChI is InChI=1S/C10H14N4O2/c1-7(10(15)16-3)12-5-8-6-13-9(4-11)14(8)2/h6-7,12H,5H2,1-3H3. The average Bonchev–Trinajstić information content (AvgIpc) is 2.65. The van der Waals surface area contributed by atoms with Crippen LogP contribution < -0.4 is 5.32 Å². The molecule has 0 radical (unpaired) electrons. The first-order valence-corrected chi connectivity index (χ1v) is 4.82. The van der Waals surface area contributed by atoms with Gasteiger partial charge in [-0.25, -0.2) is 4.98 Å². The first kappa shape index (κ1) is 12.2. The first-order chi connectivity index (χ1) is 7.60. The summed E-state index contributed by atoms with van der Waals surface area (Å²) in [4.78, 5) is 15.0. The molecule has 6 heteroatoms. The molecule has 1 aromatic rings. The number of imidazole rings is 1. The highest BCUT2D eigenvalue weighted by Crippen LogP contribution is 2.02. The molecular weight excluding hydrogens is 208 g/mol. The molecule has 0 aromatic carbocycles. The highest BCUT2D eigenvalue weighted by Gasteiger charge is 2.13. The zero-order valence-electron chi connectivity index (χ0n) is 9.52. The number of methoxy groups -OCH3 is 1. The van der Waals surface area contributed by atoms with Crippen LogP contribution in [0.15, 0.2) is 6.20 Å². The van der Waals surface area contributed by atoms with Crippen LogP contribution in [0.1, 0.15) is 18.4 Å². The molecule has 1 aromatic heterocycles. The van der Waals surface area contributed by atoms with E-state index >= 15 is 0 Å². The number of carbonyl (C=O) groups excluding carboxylic acids is 1. The number of esters is 1. The molecule has 86 valence electrons. The van der Waals surface area contributed by atoms with Crippen molar-refractivity contribution in [2.75, 3.05) is 7.11 Å². The Morgan fingerprint density at radius 1 is 1.81 bits per heavy atom. The van der Waals surface area contributed by atoms with Gasteiger partial charge in [0.05, 0.1) is 19.0 Å². The molecule has 1 atom stereocenters. The number of carbonyl (C=O) groups is 1. The summed E-state index contributed by atoms with van der Waals surface area (Å²) in [5.74, 6) is 0.0326. The van der Waals surface area contributed by atoms with Gasteiger partial charge in [-0.1, -0.05) is 0 Å². The van der Waals surface area contributed by atoms with E-state index in [9.17, 15) is 4.79 Å². The smallest absolute Gasteiger partial charge is 0.322 e. The second kappa shape index (κ2) is 5.28. The molecule has 0 aliphatic rings. The van der Waals surface area contributed by atoms with Gasteiger partial charge in [-0.2, -0.15) is 5.26 Å². The molecule has 0 bridgehead atoms. The van der Waals surface area contributed by atoms with Crippen LogP contribution >= 0.6 is 0 Å². The van der Waals surface area contributed by atoms with Crippen molar-refractivity contribution in [3.63, 3.8) is 0 Å². The number of nitrogens with zero attached hydrogens (tertiary/aromatic N) is 3. The van der Waals surface area contributed by atoms with E-state index in [2.05, 4.69) is 15.0 Å². The lowest BCUT2D eigenvalue weighted by Crippen LogP contribution is -2.34. The van der Waals surface area contributed by atoms with Crippen LogP contribution in [0.25, 0.3) is 0 Å². The molecule has 0 aliphatic carbocycles. The maximum absolute atomic E-state index is 11.1. The minimum atomic E-state index is -0.384. The highest BCUT2D eigenvalue weighted by molar-refractivity contribution is 5.75. The van der Waals surface area contributed by atoms with Crippen molar-refractivity contribution in [1.29, 1.82) is 5.26 Å². The number of nitrogens with one attached hydrogen (secondary N) is 1. The Kier molecular flexibility index (Phi) is 4.03. The molecule has 0 amide bonds. The lowest BCUT2D eigenvalue weighted by molar-refractivity contribution is -0.142. The van der Waals surface area contributed by atoms with Crippen LogP contribution in [0.2, 0.25) is 0 Å². The largest absolute Gasteiger partial charge is 0.468 e. The Balaban J connectivity index is 2.59. The fraction of sp³-hybridized carbons (Fsp3) is 0.500. The lowest BCUT2D eigenvalue weighted by Gasteiger charge is -2.11. The van der Waals surface area contributed by atoms with Crippen molar-refractivity contribution in [3.05, 3.63) is 17.7 Å². The molecule has 0 fully saturated rings. The molecule has 1 unspecified atom stereocenters. The van der Waals surface area contributed by atoms with Gasteiger partial charge in [-0.3, -0.25) is 10.1 Å². The van der Waals surface area contributed by atoms with Crippen molar-refractivity contribution < 1.29 is 9.53 Å². The van der Waals surface area contributed by atoms with E-state index in [0.717, 1.165) is 5.69 Å². The maximum Gasteiger partial charge on any atom is 0.322 e. The second-order valence-electron chi connectivity index (χ2n) is 3.37. The molecule has 16 heavy (non-hydrogen) atoms. The summed E-state index contributed by atoms with van der Waals surface area (Å²) in [6, 6.07) is 1.59. The Bertz CT molecular complexity index is 419. The molecule has 1 rings (SSSR count). The van der Waals surface area contributed by atoms with E-state index in [1.165, 1.54) is 7.11 Å². The fourth-order valence-corrected chi connectivity index (χ4v) is 1.23. The van der Waals surface area contributed by atoms with Gasteiger partial charge < -0.3 is 9.30 Å². The molecule has 1 N–H and O–H groups in total. The molecule has 0 saturated carbocycles. The Morgan fingerprint density at radius 3 is 3.00 bits per heavy atom. The summed E-state index contributed by atoms with van der Waals surface area (Å²) in [5, 5.41) is 11.7. The van der Waals surface area contributed by atoms with Gasteiger partial charge in [-0.15, -0.1) is 0 Å². The van der Waals surface area contributed by atoms with Crippen molar-refractivity contribution >= 4 is 5.97 Å². The minimum Gasteiger partial charge on any atom is -0.468 e. The first-order valence-electron chi connectivity index (χ1n) is 4.82. The minimum absolute atomic E-state index is 0.317. The summed E-state index contributed by atoms with van der Waals surface area (Å²) in [6.45, 7) is 2.18. The Hall–Kier alpha value is -1.87. The van der Waals surface area contributed by atoms with Crippen LogP contribution in [0, 0.1) is 11.3 Å². The number of aromatic nitrogens is 2. The van der Waals surface area contributed by atoms with Crippen LogP contribution in [0.3, 0.4) is 0 Å². The summed E-state index contributed by atoms with van der Waals surface area (Å²) in [6.07, 6.45) is 1.61. The van der Waals surface area contributed by atoms with E-state index in [1.807, 2.05) is 6.07 Å². The normalized spacial score (nSPS) is 11.9. The van der Waals surface area contributed by atoms with Crippen LogP contribution in [-0.4, -0.2) is 28.7 Å². The number of hydrogen-bond acceptors (Lipinski definition) is 5. The number of nitriles is 1. The average molecular weight is 222 g/mol. The predicted octanol–water partition coefficient (Wildman–Crippen LogP) is -0.0571. The fourth-order valence-electron chi connectivity index (χ4n) is 1.23. The third kappa shape index (κ3) is 2.58. The zero-order chi connectivity index (χ0) is 12.1. The third-order valence-corrected chi connectivity index (χ3v) is 2.33. The van der Waals surface area contributed by atoms with Gasteiger partial charge in [0.25, 0.3) is 0 Å². The summed E-state index contributed by atoms with van der Waals surface area (Å²) in [5.41, 5.74) is 0.840. The molecule has 6 nitrogen and oxygen atoms in total. The van der Waals surface area contributed by atoms with Gasteiger partial charge in [-0.05, 0) is 6.92 Å². The zero-order valence-corrected chi connectivity index (χ0v) is 9.52. The summed E-state index contributed by atoms with van der Waals surface area (Å²) >= 11 is 0. The van der Waals surface area contributed by atoms with Crippen LogP contribution in [0.4, 0.5) is 0 Å². The SMILES string of the molecule is COC(=O)C(C)NCc1cnc(C#N)n1C. The number of ether oxygens (including phenoxy) is 1. The van der Waals surface area contributed by atoms with Gasteiger partial charge in [0.1, 0.15) is 12.1 Å². The van der Waals surface area contributed by atoms with E-state index < -0.39 is 0 Å². The molecule has 0 saturated heterocycles. The predicted molar refractivity (Wildman–Crippen MR) is 56.2 cm³/mol. The lowest BCUT2D eigenvalue weighted by atomic mass is 10.3. The third-order valence-electron chi connectivity index (χ3n) is 2.33. The highest BCUT2D eigenvalue weighted by atomic mass is 16.5. The molecule has 0 spiro atoms. The summed E-state index contributed by atoms with van der Waals surface area (Å²) < 4.78 is 6.26. The monoisotopic (exact) mass is 222 g/mol. The molecular formula is C10H14N4O2. The van der Waals surface area contributed by atoms with Gasteiger partial charge in [0.15, 0.2) is 0 Å². The topological polar surface area (TPSA) is 79.9 Å². The van der Waals surface area contributed by atoms with Crippen LogP contribution in [-0.2, 0) is 23.1 Å². The number of rotatable bonds is 4. The van der Waals surface area contributed by atoms with Crippen molar-refractivity contribution in [3.8, 4) is 6.07 Å². The van der Waals surface area contributed by atoms with Crippen molar-refractivity contribution in [1.82, 2.24) is 14.9 Å². The quantitative estimate of drug-likeness (QED) is 0.722. The molecule has 1 heterocycles. The Labute approximate surface area is 93.8 Å². The van der Waals surface area contributed by atoms with E-state index in [-0.39, 0.29) is 12.0 Å². The van der Waals surface area contributed by atoms with Crippen molar-refractivity contribution in [2.24, 2.45) is 7.05 Å². The molecule has 0 aliphatic heterocycles. The van der Waals surface area contributed by atoms with Gasteiger partial charge in [0.2, 0.25) is 5.82 Å². The number of hydrogen-bond donors (Lipinski definition) is 1. The van der Waals surface area contributed by atoms with E-state index in [1.54, 1.807) is 24.7 Å². The second-order valence-corrected chi connectivity index (χ2v) is 3.37. The Morgan fingerprint density at radius 2 is 2.50 bits per heavy atom. The van der Waals surface area contributed by atoms with E-state index in [0.29, 0.717) is 12.4 Å². The van der Waals surface area contributed by atoms with Crippen molar-refractivity contribution in [2.45, 2.75) is 19.5 Å². The van der Waals surface area contributed by atoms with Gasteiger partial charge >= 0.3 is 5.97 Å². The van der Waals surface area contributed by atoms with Gasteiger partial charge in [0, 0.05) is 13.6 Å². The van der Waals surface area contributed by atoms with E-state index in [4.69, 9.17) is 5.26 Å². The van der Waals surface area contributed by atoms with Crippen LogP contribution in [0.5, 0.6) is 0 Å².